The van der Waals surface area contributed by atoms with Gasteiger partial charge < -0.3 is 15.7 Å². The Morgan fingerprint density at radius 1 is 1.16 bits per heavy atom. The molecular weight excluding hydrogens is 464 g/mol. The van der Waals surface area contributed by atoms with Crippen molar-refractivity contribution in [2.45, 2.75) is 18.9 Å². The highest BCUT2D eigenvalue weighted by Gasteiger charge is 2.31. The van der Waals surface area contributed by atoms with Crippen molar-refractivity contribution in [1.82, 2.24) is 0 Å². The number of anilines is 1. The molecule has 4 aromatic rings. The van der Waals surface area contributed by atoms with Crippen molar-refractivity contribution in [2.75, 3.05) is 11.4 Å². The number of halogens is 1. The van der Waals surface area contributed by atoms with Crippen LogP contribution in [0.1, 0.15) is 33.1 Å². The van der Waals surface area contributed by atoms with Gasteiger partial charge in [-0.25, -0.2) is 0 Å². The van der Waals surface area contributed by atoms with Gasteiger partial charge in [0.15, 0.2) is 0 Å². The minimum absolute atomic E-state index is 0.0735. The molecule has 2 aromatic carbocycles. The van der Waals surface area contributed by atoms with E-state index in [-0.39, 0.29) is 12.3 Å². The number of primary amides is 1. The number of benzene rings is 2. The lowest BCUT2D eigenvalue weighted by molar-refractivity contribution is -0.137. The normalized spacial score (nSPS) is 15.3. The first-order valence-electron chi connectivity index (χ1n) is 10.0. The number of carboxylic acid groups (broad SMARTS) is 1. The maximum atomic E-state index is 11.8. The van der Waals surface area contributed by atoms with Gasteiger partial charge in [-0.1, -0.05) is 23.7 Å². The first-order chi connectivity index (χ1) is 15.4. The second kappa shape index (κ2) is 8.24. The lowest BCUT2D eigenvalue weighted by Gasteiger charge is -2.20. The number of amides is 1. The largest absolute Gasteiger partial charge is 0.481 e. The highest BCUT2D eigenvalue weighted by molar-refractivity contribution is 7.17. The maximum absolute atomic E-state index is 11.8. The van der Waals surface area contributed by atoms with Crippen molar-refractivity contribution in [3.05, 3.63) is 74.3 Å². The van der Waals surface area contributed by atoms with Crippen molar-refractivity contribution in [3.63, 3.8) is 0 Å². The van der Waals surface area contributed by atoms with Gasteiger partial charge in [-0.3, -0.25) is 9.59 Å². The van der Waals surface area contributed by atoms with Crippen LogP contribution in [0, 0.1) is 0 Å². The molecule has 0 fully saturated rings. The van der Waals surface area contributed by atoms with E-state index in [2.05, 4.69) is 10.3 Å². The van der Waals surface area contributed by atoms with Crippen LogP contribution in [-0.4, -0.2) is 23.5 Å². The van der Waals surface area contributed by atoms with Gasteiger partial charge in [-0.05, 0) is 63.2 Å². The van der Waals surface area contributed by atoms with Crippen LogP contribution in [-0.2, 0) is 11.3 Å². The topological polar surface area (TPSA) is 83.6 Å². The molecular formula is C24H19ClN2O3S2. The summed E-state index contributed by atoms with van der Waals surface area (Å²) in [7, 11) is 0. The molecule has 1 unspecified atom stereocenters. The Labute approximate surface area is 197 Å². The monoisotopic (exact) mass is 482 g/mol. The molecule has 0 saturated heterocycles. The minimum Gasteiger partial charge on any atom is -0.481 e. The summed E-state index contributed by atoms with van der Waals surface area (Å²) in [4.78, 5) is 26.1. The summed E-state index contributed by atoms with van der Waals surface area (Å²) in [5, 5.41) is 15.2. The van der Waals surface area contributed by atoms with Gasteiger partial charge in [0.25, 0.3) is 5.91 Å². The average molecular weight is 483 g/mol. The zero-order chi connectivity index (χ0) is 22.4. The number of aliphatic carboxylic acids is 1. The molecule has 0 aliphatic carbocycles. The Morgan fingerprint density at radius 2 is 2.00 bits per heavy atom. The van der Waals surface area contributed by atoms with Gasteiger partial charge in [-0.2, -0.15) is 0 Å². The summed E-state index contributed by atoms with van der Waals surface area (Å²) in [6.07, 6.45) is 0.0735. The number of nitrogens with two attached hydrogens (primary N) is 1. The van der Waals surface area contributed by atoms with E-state index in [1.54, 1.807) is 11.3 Å². The van der Waals surface area contributed by atoms with E-state index in [1.807, 2.05) is 47.8 Å². The van der Waals surface area contributed by atoms with E-state index < -0.39 is 11.9 Å². The van der Waals surface area contributed by atoms with Gasteiger partial charge in [0.05, 0.1) is 11.3 Å². The van der Waals surface area contributed by atoms with Crippen LogP contribution >= 0.6 is 34.3 Å². The van der Waals surface area contributed by atoms with Crippen LogP contribution in [0.4, 0.5) is 5.69 Å². The molecule has 32 heavy (non-hydrogen) atoms. The van der Waals surface area contributed by atoms with E-state index in [9.17, 15) is 14.7 Å². The molecule has 0 saturated carbocycles. The summed E-state index contributed by atoms with van der Waals surface area (Å²) < 4.78 is 1.17. The number of hydrogen-bond acceptors (Lipinski definition) is 5. The van der Waals surface area contributed by atoms with E-state index in [0.29, 0.717) is 23.0 Å². The Balaban J connectivity index is 1.56. The summed E-state index contributed by atoms with van der Waals surface area (Å²) in [6.45, 7) is 1.27. The number of carbonyl (C=O) groups excluding carboxylic acids is 1. The molecule has 3 heterocycles. The Hall–Kier alpha value is -2.87. The number of nitrogens with zero attached hydrogens (tertiary/aromatic N) is 1. The standard InChI is InChI=1S/C24H19ClN2O3S2/c25-16-2-4-21-19(9-16)15(12-32-21)11-27-10-14(8-22(28)29)17-3-1-13(7-20(17)27)18-5-6-31-23(18)24(26)30/h1-7,9,12,14H,8,10-11H2,(H2,26,30)(H,28,29). The van der Waals surface area contributed by atoms with Crippen molar-refractivity contribution in [2.24, 2.45) is 5.73 Å². The molecule has 3 N–H and O–H groups in total. The van der Waals surface area contributed by atoms with E-state index >= 15 is 0 Å². The van der Waals surface area contributed by atoms with E-state index in [4.69, 9.17) is 17.3 Å². The van der Waals surface area contributed by atoms with E-state index in [1.165, 1.54) is 16.0 Å². The summed E-state index contributed by atoms with van der Waals surface area (Å²) in [6, 6.07) is 13.8. The molecule has 1 atom stereocenters. The number of carbonyl (C=O) groups is 2. The van der Waals surface area contributed by atoms with Crippen LogP contribution in [0.15, 0.2) is 53.2 Å². The maximum Gasteiger partial charge on any atom is 0.304 e. The zero-order valence-corrected chi connectivity index (χ0v) is 19.3. The lowest BCUT2D eigenvalue weighted by atomic mass is 9.95. The number of fused-ring (bicyclic) bond motifs is 2. The highest BCUT2D eigenvalue weighted by Crippen LogP contribution is 2.43. The molecule has 5 nitrogen and oxygen atoms in total. The number of carboxylic acids is 1. The molecule has 0 spiro atoms. The molecule has 0 bridgehead atoms. The molecule has 2 aromatic heterocycles. The molecule has 162 valence electrons. The van der Waals surface area contributed by atoms with Crippen molar-refractivity contribution < 1.29 is 14.7 Å². The fourth-order valence-electron chi connectivity index (χ4n) is 4.44. The number of thiophene rings is 2. The van der Waals surface area contributed by atoms with Gasteiger partial charge in [0, 0.05) is 40.0 Å². The predicted molar refractivity (Wildman–Crippen MR) is 131 cm³/mol. The third-order valence-electron chi connectivity index (χ3n) is 5.85. The molecule has 1 amide bonds. The lowest BCUT2D eigenvalue weighted by Crippen LogP contribution is -2.22. The summed E-state index contributed by atoms with van der Waals surface area (Å²) in [5.41, 5.74) is 10.4. The number of rotatable bonds is 6. The highest BCUT2D eigenvalue weighted by atomic mass is 35.5. The first kappa shape index (κ1) is 21.0. The summed E-state index contributed by atoms with van der Waals surface area (Å²) >= 11 is 9.23. The van der Waals surface area contributed by atoms with Crippen LogP contribution < -0.4 is 10.6 Å². The third kappa shape index (κ3) is 3.77. The molecule has 0 radical (unpaired) electrons. The van der Waals surface area contributed by atoms with Crippen molar-refractivity contribution >= 4 is 61.9 Å². The Bertz CT molecular complexity index is 1360. The zero-order valence-electron chi connectivity index (χ0n) is 16.9. The Kier molecular flexibility index (Phi) is 5.41. The van der Waals surface area contributed by atoms with Gasteiger partial charge in [-0.15, -0.1) is 22.7 Å². The first-order valence-corrected chi connectivity index (χ1v) is 12.2. The van der Waals surface area contributed by atoms with Gasteiger partial charge >= 0.3 is 5.97 Å². The SMILES string of the molecule is NC(=O)c1sccc1-c1ccc2c(c1)N(Cc1csc3ccc(Cl)cc13)CC2CC(=O)O. The predicted octanol–water partition coefficient (Wildman–Crippen LogP) is 5.96. The van der Waals surface area contributed by atoms with Crippen LogP contribution in [0.25, 0.3) is 21.2 Å². The minimum atomic E-state index is -0.812. The Morgan fingerprint density at radius 3 is 2.78 bits per heavy atom. The van der Waals surface area contributed by atoms with Crippen molar-refractivity contribution in [1.29, 1.82) is 0 Å². The second-order valence-corrected chi connectivity index (χ2v) is 10.1. The van der Waals surface area contributed by atoms with Crippen LogP contribution in [0.3, 0.4) is 0 Å². The van der Waals surface area contributed by atoms with Crippen molar-refractivity contribution in [3.8, 4) is 11.1 Å². The van der Waals surface area contributed by atoms with Gasteiger partial charge in [0.2, 0.25) is 0 Å². The fourth-order valence-corrected chi connectivity index (χ4v) is 6.31. The van der Waals surface area contributed by atoms with Crippen LogP contribution in [0.5, 0.6) is 0 Å². The molecule has 8 heteroatoms. The second-order valence-electron chi connectivity index (χ2n) is 7.88. The van der Waals surface area contributed by atoms with E-state index in [0.717, 1.165) is 33.3 Å². The molecule has 1 aliphatic heterocycles. The number of hydrogen-bond donors (Lipinski definition) is 2. The third-order valence-corrected chi connectivity index (χ3v) is 8.03. The van der Waals surface area contributed by atoms with Crippen LogP contribution in [0.2, 0.25) is 5.02 Å². The quantitative estimate of drug-likeness (QED) is 0.355. The van der Waals surface area contributed by atoms with Gasteiger partial charge in [0.1, 0.15) is 0 Å². The smallest absolute Gasteiger partial charge is 0.304 e. The fraction of sp³-hybridized carbons (Fsp3) is 0.167. The molecule has 1 aliphatic rings. The summed E-state index contributed by atoms with van der Waals surface area (Å²) in [5.74, 6) is -1.35. The molecule has 5 rings (SSSR count). The average Bonchev–Trinajstić information content (AvgIpc) is 3.46.